The van der Waals surface area contributed by atoms with Gasteiger partial charge in [-0.1, -0.05) is 17.7 Å². The Kier molecular flexibility index (Phi) is 6.59. The zero-order valence-electron chi connectivity index (χ0n) is 14.6. The van der Waals surface area contributed by atoms with Crippen LogP contribution in [0.4, 0.5) is 5.69 Å². The fraction of sp³-hybridized carbons (Fsp3) is 0.222. The molecule has 0 amide bonds. The van der Waals surface area contributed by atoms with Crippen molar-refractivity contribution in [2.45, 2.75) is 6.92 Å². The number of rotatable bonds is 6. The normalized spacial score (nSPS) is 10.4. The van der Waals surface area contributed by atoms with Crippen LogP contribution in [-0.2, 0) is 0 Å². The molecule has 2 aromatic carbocycles. The van der Waals surface area contributed by atoms with Crippen molar-refractivity contribution in [1.82, 2.24) is 5.43 Å². The summed E-state index contributed by atoms with van der Waals surface area (Å²) < 4.78 is 16.0. The summed E-state index contributed by atoms with van der Waals surface area (Å²) in [6.45, 7) is 2.03. The number of anilines is 1. The van der Waals surface area contributed by atoms with Crippen LogP contribution in [-0.4, -0.2) is 32.7 Å². The van der Waals surface area contributed by atoms with Crippen LogP contribution in [0.2, 0.25) is 0 Å². The Morgan fingerprint density at radius 3 is 2.24 bits per heavy atom. The number of nitrogens with zero attached hydrogens (tertiary/aromatic N) is 1. The number of nitrogens with one attached hydrogen (secondary N) is 2. The molecule has 25 heavy (non-hydrogen) atoms. The molecule has 0 aliphatic rings. The molecule has 132 valence electrons. The Bertz CT molecular complexity index is 761. The lowest BCUT2D eigenvalue weighted by Gasteiger charge is -2.13. The molecule has 0 radical (unpaired) electrons. The Morgan fingerprint density at radius 2 is 1.64 bits per heavy atom. The maximum atomic E-state index is 5.40. The predicted molar refractivity (Wildman–Crippen MR) is 104 cm³/mol. The molecule has 0 aliphatic carbocycles. The van der Waals surface area contributed by atoms with E-state index in [-0.39, 0.29) is 0 Å². The molecule has 2 aromatic rings. The van der Waals surface area contributed by atoms with Gasteiger partial charge in [0, 0.05) is 11.3 Å². The summed E-state index contributed by atoms with van der Waals surface area (Å²) >= 11 is 5.22. The lowest BCUT2D eigenvalue weighted by molar-refractivity contribution is 0.324. The van der Waals surface area contributed by atoms with E-state index in [1.165, 1.54) is 5.56 Å². The topological polar surface area (TPSA) is 64.1 Å². The summed E-state index contributed by atoms with van der Waals surface area (Å²) in [6, 6.07) is 11.5. The summed E-state index contributed by atoms with van der Waals surface area (Å²) in [7, 11) is 4.69. The molecule has 0 heterocycles. The van der Waals surface area contributed by atoms with E-state index >= 15 is 0 Å². The maximum Gasteiger partial charge on any atom is 0.203 e. The van der Waals surface area contributed by atoms with Gasteiger partial charge in [-0.15, -0.1) is 0 Å². The van der Waals surface area contributed by atoms with Gasteiger partial charge in [-0.25, -0.2) is 0 Å². The number of hydrazone groups is 1. The van der Waals surface area contributed by atoms with Gasteiger partial charge in [0.1, 0.15) is 0 Å². The number of benzene rings is 2. The molecule has 2 rings (SSSR count). The van der Waals surface area contributed by atoms with Crippen LogP contribution in [0.25, 0.3) is 0 Å². The third kappa shape index (κ3) is 4.84. The highest BCUT2D eigenvalue weighted by atomic mass is 32.1. The summed E-state index contributed by atoms with van der Waals surface area (Å²) in [5, 5.41) is 7.58. The van der Waals surface area contributed by atoms with Crippen molar-refractivity contribution in [2.75, 3.05) is 26.6 Å². The molecule has 0 spiro atoms. The van der Waals surface area contributed by atoms with E-state index in [1.54, 1.807) is 33.6 Å². The molecule has 7 heteroatoms. The molecule has 2 N–H and O–H groups in total. The van der Waals surface area contributed by atoms with Gasteiger partial charge < -0.3 is 19.5 Å². The minimum absolute atomic E-state index is 0.388. The summed E-state index contributed by atoms with van der Waals surface area (Å²) in [5.74, 6) is 1.63. The lowest BCUT2D eigenvalue weighted by atomic mass is 10.2. The highest BCUT2D eigenvalue weighted by Gasteiger charge is 2.14. The van der Waals surface area contributed by atoms with Gasteiger partial charge in [0.2, 0.25) is 5.75 Å². The molecular weight excluding hydrogens is 338 g/mol. The molecule has 0 saturated heterocycles. The first-order chi connectivity index (χ1) is 12.1. The molecule has 0 saturated carbocycles. The van der Waals surface area contributed by atoms with E-state index < -0.39 is 0 Å². The number of ether oxygens (including phenoxy) is 3. The SMILES string of the molecule is COc1ccc(/C=N/NC(=S)Nc2ccc(C)cc2)c(OC)c1OC. The third-order valence-corrected chi connectivity index (χ3v) is 3.61. The second-order valence-electron chi connectivity index (χ2n) is 5.11. The van der Waals surface area contributed by atoms with Crippen molar-refractivity contribution in [3.63, 3.8) is 0 Å². The van der Waals surface area contributed by atoms with Gasteiger partial charge in [-0.3, -0.25) is 5.43 Å². The van der Waals surface area contributed by atoms with Crippen LogP contribution in [0.5, 0.6) is 17.2 Å². The molecule has 0 aliphatic heterocycles. The highest BCUT2D eigenvalue weighted by molar-refractivity contribution is 7.80. The molecule has 0 fully saturated rings. The first-order valence-corrected chi connectivity index (χ1v) is 7.95. The first-order valence-electron chi connectivity index (χ1n) is 7.54. The summed E-state index contributed by atoms with van der Waals surface area (Å²) in [6.07, 6.45) is 1.60. The molecule has 0 aromatic heterocycles. The second kappa shape index (κ2) is 8.89. The minimum atomic E-state index is 0.388. The fourth-order valence-corrected chi connectivity index (χ4v) is 2.35. The van der Waals surface area contributed by atoms with E-state index in [4.69, 9.17) is 26.4 Å². The number of hydrogen-bond acceptors (Lipinski definition) is 5. The number of aryl methyl sites for hydroxylation is 1. The van der Waals surface area contributed by atoms with Crippen molar-refractivity contribution in [3.05, 3.63) is 47.5 Å². The van der Waals surface area contributed by atoms with Crippen LogP contribution >= 0.6 is 12.2 Å². The Labute approximate surface area is 152 Å². The van der Waals surface area contributed by atoms with E-state index in [0.717, 1.165) is 11.3 Å². The third-order valence-electron chi connectivity index (χ3n) is 3.41. The van der Waals surface area contributed by atoms with E-state index in [1.807, 2.05) is 37.3 Å². The van der Waals surface area contributed by atoms with Gasteiger partial charge in [0.05, 0.1) is 27.5 Å². The summed E-state index contributed by atoms with van der Waals surface area (Å²) in [5.41, 5.74) is 5.58. The van der Waals surface area contributed by atoms with Crippen molar-refractivity contribution in [3.8, 4) is 17.2 Å². The van der Waals surface area contributed by atoms with E-state index in [0.29, 0.717) is 22.4 Å². The standard InChI is InChI=1S/C18H21N3O3S/c1-12-5-8-14(9-6-12)20-18(25)21-19-11-13-7-10-15(22-2)17(24-4)16(13)23-3/h5-11H,1-4H3,(H2,20,21,25)/b19-11+. The minimum Gasteiger partial charge on any atom is -0.493 e. The number of methoxy groups -OCH3 is 3. The van der Waals surface area contributed by atoms with Gasteiger partial charge in [-0.2, -0.15) is 5.10 Å². The van der Waals surface area contributed by atoms with E-state index in [2.05, 4.69) is 15.8 Å². The smallest absolute Gasteiger partial charge is 0.203 e. The quantitative estimate of drug-likeness (QED) is 0.469. The Balaban J connectivity index is 2.06. The van der Waals surface area contributed by atoms with Gasteiger partial charge in [-0.05, 0) is 43.4 Å². The van der Waals surface area contributed by atoms with Crippen LogP contribution in [0, 0.1) is 6.92 Å². The van der Waals surface area contributed by atoms with Crippen molar-refractivity contribution in [1.29, 1.82) is 0 Å². The largest absolute Gasteiger partial charge is 0.493 e. The monoisotopic (exact) mass is 359 g/mol. The Hall–Kier alpha value is -2.80. The summed E-state index contributed by atoms with van der Waals surface area (Å²) in [4.78, 5) is 0. The first kappa shape index (κ1) is 18.5. The van der Waals surface area contributed by atoms with E-state index in [9.17, 15) is 0 Å². The van der Waals surface area contributed by atoms with Gasteiger partial charge >= 0.3 is 0 Å². The average Bonchev–Trinajstić information content (AvgIpc) is 2.62. The van der Waals surface area contributed by atoms with Crippen molar-refractivity contribution in [2.24, 2.45) is 5.10 Å². The van der Waals surface area contributed by atoms with Crippen molar-refractivity contribution < 1.29 is 14.2 Å². The van der Waals surface area contributed by atoms with Crippen LogP contribution in [0.3, 0.4) is 0 Å². The maximum absolute atomic E-state index is 5.40. The second-order valence-corrected chi connectivity index (χ2v) is 5.52. The highest BCUT2D eigenvalue weighted by Crippen LogP contribution is 2.38. The van der Waals surface area contributed by atoms with Gasteiger partial charge in [0.15, 0.2) is 16.6 Å². The van der Waals surface area contributed by atoms with Crippen LogP contribution < -0.4 is 25.0 Å². The number of thiocarbonyl (C=S) groups is 1. The lowest BCUT2D eigenvalue weighted by Crippen LogP contribution is -2.23. The Morgan fingerprint density at radius 1 is 0.960 bits per heavy atom. The molecule has 0 unspecified atom stereocenters. The average molecular weight is 359 g/mol. The fourth-order valence-electron chi connectivity index (χ4n) is 2.18. The molecule has 0 atom stereocenters. The number of hydrogen-bond donors (Lipinski definition) is 2. The molecule has 6 nitrogen and oxygen atoms in total. The van der Waals surface area contributed by atoms with Crippen LogP contribution in [0.15, 0.2) is 41.5 Å². The van der Waals surface area contributed by atoms with Gasteiger partial charge in [0.25, 0.3) is 0 Å². The molecule has 0 bridgehead atoms. The zero-order chi connectivity index (χ0) is 18.2. The van der Waals surface area contributed by atoms with Crippen LogP contribution in [0.1, 0.15) is 11.1 Å². The zero-order valence-corrected chi connectivity index (χ0v) is 15.4. The predicted octanol–water partition coefficient (Wildman–Crippen LogP) is 3.34. The molecular formula is C18H21N3O3S. The van der Waals surface area contributed by atoms with Crippen molar-refractivity contribution >= 4 is 29.2 Å².